The number of primary amides is 1. The molecule has 0 saturated carbocycles. The second-order valence-electron chi connectivity index (χ2n) is 6.18. The van der Waals surface area contributed by atoms with Crippen LogP contribution in [0.4, 0.5) is 0 Å². The number of hydrogen-bond donors (Lipinski definition) is 3. The molecular formula is C20H23N3O3. The minimum atomic E-state index is -0.917. The van der Waals surface area contributed by atoms with Crippen molar-refractivity contribution >= 4 is 17.7 Å². The average Bonchev–Trinajstić information content (AvgIpc) is 2.60. The molecule has 0 aromatic heterocycles. The molecule has 0 aliphatic rings. The van der Waals surface area contributed by atoms with Crippen molar-refractivity contribution in [1.82, 2.24) is 10.6 Å². The summed E-state index contributed by atoms with van der Waals surface area (Å²) in [5, 5.41) is 5.43. The van der Waals surface area contributed by atoms with Crippen molar-refractivity contribution in [1.29, 1.82) is 0 Å². The lowest BCUT2D eigenvalue weighted by Gasteiger charge is -2.21. The van der Waals surface area contributed by atoms with E-state index >= 15 is 0 Å². The Morgan fingerprint density at radius 3 is 2.08 bits per heavy atom. The first-order valence-electron chi connectivity index (χ1n) is 8.34. The molecule has 3 amide bonds. The topological polar surface area (TPSA) is 101 Å². The molecule has 0 spiro atoms. The predicted octanol–water partition coefficient (Wildman–Crippen LogP) is 1.91. The molecule has 0 heterocycles. The highest BCUT2D eigenvalue weighted by Crippen LogP contribution is 2.19. The number of amides is 3. The summed E-state index contributed by atoms with van der Waals surface area (Å²) in [7, 11) is 0. The Hall–Kier alpha value is -3.15. The second kappa shape index (κ2) is 8.80. The van der Waals surface area contributed by atoms with Crippen LogP contribution in [0.2, 0.25) is 0 Å². The van der Waals surface area contributed by atoms with E-state index in [0.29, 0.717) is 5.56 Å². The van der Waals surface area contributed by atoms with Crippen molar-refractivity contribution in [3.05, 3.63) is 71.3 Å². The largest absolute Gasteiger partial charge is 0.368 e. The Labute approximate surface area is 152 Å². The number of nitrogens with one attached hydrogen (secondary N) is 2. The van der Waals surface area contributed by atoms with Gasteiger partial charge >= 0.3 is 0 Å². The third kappa shape index (κ3) is 5.44. The van der Waals surface area contributed by atoms with Gasteiger partial charge in [-0.1, -0.05) is 60.2 Å². The van der Waals surface area contributed by atoms with Gasteiger partial charge in [-0.3, -0.25) is 14.4 Å². The molecule has 0 aliphatic heterocycles. The van der Waals surface area contributed by atoms with Gasteiger partial charge in [0, 0.05) is 6.92 Å². The number of carbonyl (C=O) groups is 3. The molecule has 136 valence electrons. The van der Waals surface area contributed by atoms with Crippen molar-refractivity contribution in [2.45, 2.75) is 32.4 Å². The standard InChI is InChI=1S/C20H23N3O3/c1-13-8-10-15(11-9-13)17(22-14(2)24)12-18(25)23-19(20(21)26)16-6-4-3-5-7-16/h3-11,17,19H,12H2,1-2H3,(H2,21,26)(H,22,24)(H,23,25). The molecule has 0 bridgehead atoms. The zero-order valence-corrected chi connectivity index (χ0v) is 14.9. The fourth-order valence-corrected chi connectivity index (χ4v) is 2.67. The summed E-state index contributed by atoms with van der Waals surface area (Å²) in [6.07, 6.45) is -0.000740. The Kier molecular flexibility index (Phi) is 6.49. The van der Waals surface area contributed by atoms with Crippen LogP contribution in [-0.4, -0.2) is 17.7 Å². The highest BCUT2D eigenvalue weighted by molar-refractivity contribution is 5.88. The molecule has 0 fully saturated rings. The van der Waals surface area contributed by atoms with E-state index in [4.69, 9.17) is 5.73 Å². The molecule has 2 aromatic rings. The first kappa shape index (κ1) is 19.2. The van der Waals surface area contributed by atoms with Crippen molar-refractivity contribution in [3.63, 3.8) is 0 Å². The van der Waals surface area contributed by atoms with E-state index in [-0.39, 0.29) is 18.2 Å². The maximum Gasteiger partial charge on any atom is 0.244 e. The summed E-state index contributed by atoms with van der Waals surface area (Å²) in [4.78, 5) is 35.7. The van der Waals surface area contributed by atoms with Gasteiger partial charge in [-0.05, 0) is 18.1 Å². The van der Waals surface area contributed by atoms with Crippen LogP contribution in [0.5, 0.6) is 0 Å². The lowest BCUT2D eigenvalue weighted by atomic mass is 10.0. The van der Waals surface area contributed by atoms with Crippen LogP contribution in [-0.2, 0) is 14.4 Å². The molecule has 2 rings (SSSR count). The summed E-state index contributed by atoms with van der Waals surface area (Å²) in [5.41, 5.74) is 7.94. The number of aryl methyl sites for hydroxylation is 1. The Morgan fingerprint density at radius 2 is 1.54 bits per heavy atom. The Balaban J connectivity index is 2.14. The molecule has 26 heavy (non-hydrogen) atoms. The van der Waals surface area contributed by atoms with Crippen LogP contribution < -0.4 is 16.4 Å². The van der Waals surface area contributed by atoms with E-state index in [2.05, 4.69) is 10.6 Å². The van der Waals surface area contributed by atoms with Gasteiger partial charge in [0.05, 0.1) is 12.5 Å². The number of hydrogen-bond acceptors (Lipinski definition) is 3. The van der Waals surface area contributed by atoms with E-state index in [1.807, 2.05) is 37.3 Å². The predicted molar refractivity (Wildman–Crippen MR) is 98.9 cm³/mol. The molecule has 0 aliphatic carbocycles. The smallest absolute Gasteiger partial charge is 0.244 e. The van der Waals surface area contributed by atoms with Crippen LogP contribution in [0.1, 0.15) is 42.1 Å². The van der Waals surface area contributed by atoms with Crippen LogP contribution in [0.15, 0.2) is 54.6 Å². The highest BCUT2D eigenvalue weighted by atomic mass is 16.2. The SMILES string of the molecule is CC(=O)NC(CC(=O)NC(C(N)=O)c1ccccc1)c1ccc(C)cc1. The minimum Gasteiger partial charge on any atom is -0.368 e. The molecule has 0 radical (unpaired) electrons. The van der Waals surface area contributed by atoms with Gasteiger partial charge in [-0.15, -0.1) is 0 Å². The normalized spacial score (nSPS) is 12.7. The van der Waals surface area contributed by atoms with E-state index in [1.165, 1.54) is 6.92 Å². The fourth-order valence-electron chi connectivity index (χ4n) is 2.67. The molecule has 2 atom stereocenters. The van der Waals surface area contributed by atoms with E-state index in [9.17, 15) is 14.4 Å². The molecule has 0 saturated heterocycles. The van der Waals surface area contributed by atoms with E-state index < -0.39 is 18.0 Å². The lowest BCUT2D eigenvalue weighted by molar-refractivity contribution is -0.128. The zero-order chi connectivity index (χ0) is 19.1. The molecule has 4 N–H and O–H groups in total. The Morgan fingerprint density at radius 1 is 0.923 bits per heavy atom. The summed E-state index contributed by atoms with van der Waals surface area (Å²) in [6.45, 7) is 3.36. The van der Waals surface area contributed by atoms with Crippen molar-refractivity contribution in [3.8, 4) is 0 Å². The summed E-state index contributed by atoms with van der Waals surface area (Å²) < 4.78 is 0. The summed E-state index contributed by atoms with van der Waals surface area (Å²) >= 11 is 0. The van der Waals surface area contributed by atoms with Gasteiger partial charge in [0.1, 0.15) is 6.04 Å². The molecular weight excluding hydrogens is 330 g/mol. The van der Waals surface area contributed by atoms with Gasteiger partial charge in [0.25, 0.3) is 0 Å². The zero-order valence-electron chi connectivity index (χ0n) is 14.9. The third-order valence-corrected chi connectivity index (χ3v) is 3.97. The summed E-state index contributed by atoms with van der Waals surface area (Å²) in [6, 6.07) is 15.0. The summed E-state index contributed by atoms with van der Waals surface area (Å²) in [5.74, 6) is -1.26. The first-order valence-corrected chi connectivity index (χ1v) is 8.34. The van der Waals surface area contributed by atoms with E-state index in [1.54, 1.807) is 24.3 Å². The minimum absolute atomic E-state index is 0.000740. The maximum atomic E-state index is 12.5. The van der Waals surface area contributed by atoms with Crippen molar-refractivity contribution in [2.75, 3.05) is 0 Å². The third-order valence-electron chi connectivity index (χ3n) is 3.97. The van der Waals surface area contributed by atoms with Gasteiger partial charge in [-0.25, -0.2) is 0 Å². The number of nitrogens with two attached hydrogens (primary N) is 1. The van der Waals surface area contributed by atoms with E-state index in [0.717, 1.165) is 11.1 Å². The highest BCUT2D eigenvalue weighted by Gasteiger charge is 2.23. The number of rotatable bonds is 7. The number of carbonyl (C=O) groups excluding carboxylic acids is 3. The Bertz CT molecular complexity index is 773. The van der Waals surface area contributed by atoms with Gasteiger partial charge < -0.3 is 16.4 Å². The molecule has 6 nitrogen and oxygen atoms in total. The van der Waals surface area contributed by atoms with Crippen LogP contribution in [0, 0.1) is 6.92 Å². The first-order chi connectivity index (χ1) is 12.4. The molecule has 6 heteroatoms. The quantitative estimate of drug-likeness (QED) is 0.708. The average molecular weight is 353 g/mol. The molecule has 2 unspecified atom stereocenters. The van der Waals surface area contributed by atoms with Crippen LogP contribution >= 0.6 is 0 Å². The van der Waals surface area contributed by atoms with Crippen molar-refractivity contribution < 1.29 is 14.4 Å². The van der Waals surface area contributed by atoms with Crippen LogP contribution in [0.25, 0.3) is 0 Å². The lowest BCUT2D eigenvalue weighted by Crippen LogP contribution is -2.39. The fraction of sp³-hybridized carbons (Fsp3) is 0.250. The van der Waals surface area contributed by atoms with Gasteiger partial charge in [-0.2, -0.15) is 0 Å². The monoisotopic (exact) mass is 353 g/mol. The van der Waals surface area contributed by atoms with Gasteiger partial charge in [0.2, 0.25) is 17.7 Å². The van der Waals surface area contributed by atoms with Crippen molar-refractivity contribution in [2.24, 2.45) is 5.73 Å². The number of benzene rings is 2. The maximum absolute atomic E-state index is 12.5. The van der Waals surface area contributed by atoms with Crippen LogP contribution in [0.3, 0.4) is 0 Å². The van der Waals surface area contributed by atoms with Gasteiger partial charge in [0.15, 0.2) is 0 Å². The second-order valence-corrected chi connectivity index (χ2v) is 6.18. The molecule has 2 aromatic carbocycles.